The van der Waals surface area contributed by atoms with Gasteiger partial charge < -0.3 is 4.18 Å². The van der Waals surface area contributed by atoms with Crippen LogP contribution in [0.25, 0.3) is 0 Å². The van der Waals surface area contributed by atoms with Crippen molar-refractivity contribution in [2.45, 2.75) is 25.5 Å². The van der Waals surface area contributed by atoms with E-state index in [0.29, 0.717) is 0 Å². The van der Waals surface area contributed by atoms with Crippen LogP contribution < -0.4 is 0 Å². The highest BCUT2D eigenvalue weighted by molar-refractivity contribution is 7.87. The Bertz CT molecular complexity index is 487. The first-order valence-corrected chi connectivity index (χ1v) is 6.33. The van der Waals surface area contributed by atoms with Crippen LogP contribution in [0.2, 0.25) is 0 Å². The SMILES string of the molecule is C=COS(=O)(=O)C(C)(C)c1ccccc1C. The van der Waals surface area contributed by atoms with Gasteiger partial charge in [-0.2, -0.15) is 8.42 Å². The lowest BCUT2D eigenvalue weighted by atomic mass is 9.97. The monoisotopic (exact) mass is 240 g/mol. The van der Waals surface area contributed by atoms with Gasteiger partial charge in [-0.3, -0.25) is 0 Å². The predicted molar refractivity (Wildman–Crippen MR) is 64.4 cm³/mol. The molecule has 4 heteroatoms. The molecule has 3 nitrogen and oxygen atoms in total. The highest BCUT2D eigenvalue weighted by Gasteiger charge is 2.38. The quantitative estimate of drug-likeness (QED) is 0.600. The van der Waals surface area contributed by atoms with E-state index < -0.39 is 14.9 Å². The molecule has 16 heavy (non-hydrogen) atoms. The summed E-state index contributed by atoms with van der Waals surface area (Å²) in [5.74, 6) is 0. The maximum atomic E-state index is 11.9. The summed E-state index contributed by atoms with van der Waals surface area (Å²) in [4.78, 5) is 0. The lowest BCUT2D eigenvalue weighted by molar-refractivity contribution is 0.413. The van der Waals surface area contributed by atoms with Crippen molar-refractivity contribution in [3.05, 3.63) is 48.2 Å². The third-order valence-corrected chi connectivity index (χ3v) is 4.47. The third-order valence-electron chi connectivity index (χ3n) is 2.61. The molecule has 0 N–H and O–H groups in total. The van der Waals surface area contributed by atoms with Gasteiger partial charge in [0.05, 0.1) is 6.26 Å². The van der Waals surface area contributed by atoms with Crippen molar-refractivity contribution in [3.63, 3.8) is 0 Å². The predicted octanol–water partition coefficient (Wildman–Crippen LogP) is 2.72. The highest BCUT2D eigenvalue weighted by Crippen LogP contribution is 2.32. The molecule has 0 fully saturated rings. The second-order valence-corrected chi connectivity index (χ2v) is 6.16. The van der Waals surface area contributed by atoms with Crippen LogP contribution in [0, 0.1) is 6.92 Å². The van der Waals surface area contributed by atoms with Crippen LogP contribution in [0.15, 0.2) is 37.1 Å². The average molecular weight is 240 g/mol. The van der Waals surface area contributed by atoms with Crippen LogP contribution in [0.5, 0.6) is 0 Å². The van der Waals surface area contributed by atoms with E-state index >= 15 is 0 Å². The molecule has 0 heterocycles. The summed E-state index contributed by atoms with van der Waals surface area (Å²) in [6, 6.07) is 7.35. The summed E-state index contributed by atoms with van der Waals surface area (Å²) < 4.78 is 27.4. The lowest BCUT2D eigenvalue weighted by Gasteiger charge is -2.25. The molecule has 0 radical (unpaired) electrons. The molecule has 1 aromatic rings. The summed E-state index contributed by atoms with van der Waals surface area (Å²) in [6.07, 6.45) is 0.940. The van der Waals surface area contributed by atoms with Gasteiger partial charge in [0.2, 0.25) is 0 Å². The second kappa shape index (κ2) is 4.29. The van der Waals surface area contributed by atoms with E-state index in [1.165, 1.54) is 0 Å². The van der Waals surface area contributed by atoms with Gasteiger partial charge in [0, 0.05) is 0 Å². The molecule has 1 rings (SSSR count). The second-order valence-electron chi connectivity index (χ2n) is 4.04. The molecule has 0 amide bonds. The molecule has 1 aromatic carbocycles. The number of hydrogen-bond donors (Lipinski definition) is 0. The Kier molecular flexibility index (Phi) is 3.43. The normalized spacial score (nSPS) is 12.2. The van der Waals surface area contributed by atoms with Gasteiger partial charge >= 0.3 is 10.1 Å². The van der Waals surface area contributed by atoms with Crippen LogP contribution in [-0.2, 0) is 19.0 Å². The van der Waals surface area contributed by atoms with Gasteiger partial charge in [0.15, 0.2) is 0 Å². The third kappa shape index (κ3) is 2.11. The van der Waals surface area contributed by atoms with Crippen LogP contribution in [0.1, 0.15) is 25.0 Å². The fourth-order valence-corrected chi connectivity index (χ4v) is 2.51. The van der Waals surface area contributed by atoms with Crippen molar-refractivity contribution >= 4 is 10.1 Å². The minimum Gasteiger partial charge on any atom is -0.390 e. The molecule has 0 atom stereocenters. The summed E-state index contributed by atoms with van der Waals surface area (Å²) in [6.45, 7) is 8.39. The lowest BCUT2D eigenvalue weighted by Crippen LogP contribution is -2.30. The van der Waals surface area contributed by atoms with Gasteiger partial charge in [0.25, 0.3) is 0 Å². The van der Waals surface area contributed by atoms with Gasteiger partial charge in [0.1, 0.15) is 4.75 Å². The molecule has 88 valence electrons. The summed E-state index contributed by atoms with van der Waals surface area (Å²) in [5.41, 5.74) is 1.65. The smallest absolute Gasteiger partial charge is 0.318 e. The van der Waals surface area contributed by atoms with Gasteiger partial charge in [-0.25, -0.2) is 0 Å². The summed E-state index contributed by atoms with van der Waals surface area (Å²) in [5, 5.41) is 0. The maximum absolute atomic E-state index is 11.9. The van der Waals surface area contributed by atoms with E-state index in [0.717, 1.165) is 17.4 Å². The van der Waals surface area contributed by atoms with E-state index in [1.54, 1.807) is 19.9 Å². The molecule has 0 saturated heterocycles. The molecular weight excluding hydrogens is 224 g/mol. The van der Waals surface area contributed by atoms with Crippen molar-refractivity contribution in [3.8, 4) is 0 Å². The fraction of sp³-hybridized carbons (Fsp3) is 0.333. The molecule has 0 aliphatic rings. The zero-order valence-corrected chi connectivity index (χ0v) is 10.5. The van der Waals surface area contributed by atoms with Crippen molar-refractivity contribution in [1.82, 2.24) is 0 Å². The van der Waals surface area contributed by atoms with Crippen LogP contribution >= 0.6 is 0 Å². The topological polar surface area (TPSA) is 43.4 Å². The minimum absolute atomic E-state index is 0.733. The van der Waals surface area contributed by atoms with Gasteiger partial charge in [-0.05, 0) is 31.9 Å². The Balaban J connectivity index is 3.32. The zero-order valence-electron chi connectivity index (χ0n) is 9.73. The van der Waals surface area contributed by atoms with E-state index in [4.69, 9.17) is 0 Å². The Labute approximate surface area is 96.9 Å². The van der Waals surface area contributed by atoms with Crippen molar-refractivity contribution in [2.24, 2.45) is 0 Å². The van der Waals surface area contributed by atoms with E-state index in [1.807, 2.05) is 25.1 Å². The summed E-state index contributed by atoms with van der Waals surface area (Å²) >= 11 is 0. The zero-order chi connectivity index (χ0) is 12.4. The fourth-order valence-electron chi connectivity index (χ4n) is 1.59. The Morgan fingerprint density at radius 2 is 1.88 bits per heavy atom. The summed E-state index contributed by atoms with van der Waals surface area (Å²) in [7, 11) is -3.70. The minimum atomic E-state index is -3.70. The molecule has 0 aliphatic heterocycles. The van der Waals surface area contributed by atoms with E-state index in [9.17, 15) is 8.42 Å². The molecule has 0 unspecified atom stereocenters. The first-order chi connectivity index (χ1) is 7.33. The van der Waals surface area contributed by atoms with Crippen molar-refractivity contribution in [1.29, 1.82) is 0 Å². The molecule has 0 spiro atoms. The van der Waals surface area contributed by atoms with Gasteiger partial charge in [-0.1, -0.05) is 30.8 Å². The van der Waals surface area contributed by atoms with E-state index in [-0.39, 0.29) is 0 Å². The molecular formula is C12H16O3S. The molecule has 0 aromatic heterocycles. The number of hydrogen-bond acceptors (Lipinski definition) is 3. The molecule has 0 saturated carbocycles. The Morgan fingerprint density at radius 3 is 2.38 bits per heavy atom. The largest absolute Gasteiger partial charge is 0.390 e. The van der Waals surface area contributed by atoms with Crippen molar-refractivity contribution in [2.75, 3.05) is 0 Å². The van der Waals surface area contributed by atoms with Crippen LogP contribution in [0.4, 0.5) is 0 Å². The standard InChI is InChI=1S/C12H16O3S/c1-5-15-16(13,14)12(3,4)11-9-7-6-8-10(11)2/h5-9H,1H2,2-4H3. The highest BCUT2D eigenvalue weighted by atomic mass is 32.2. The molecule has 0 aliphatic carbocycles. The number of aryl methyl sites for hydroxylation is 1. The first kappa shape index (κ1) is 12.8. The number of rotatable bonds is 4. The maximum Gasteiger partial charge on any atom is 0.318 e. The number of benzene rings is 1. The Morgan fingerprint density at radius 1 is 1.31 bits per heavy atom. The van der Waals surface area contributed by atoms with Crippen LogP contribution in [0.3, 0.4) is 0 Å². The molecule has 0 bridgehead atoms. The average Bonchev–Trinajstić information content (AvgIpc) is 2.17. The first-order valence-electron chi connectivity index (χ1n) is 4.93. The van der Waals surface area contributed by atoms with Gasteiger partial charge in [-0.15, -0.1) is 0 Å². The van der Waals surface area contributed by atoms with Crippen LogP contribution in [-0.4, -0.2) is 8.42 Å². The Hall–Kier alpha value is -1.29. The van der Waals surface area contributed by atoms with E-state index in [2.05, 4.69) is 10.8 Å². The van der Waals surface area contributed by atoms with Crippen molar-refractivity contribution < 1.29 is 12.6 Å².